The van der Waals surface area contributed by atoms with Crippen LogP contribution in [0, 0.1) is 11.8 Å². The van der Waals surface area contributed by atoms with Gasteiger partial charge in [-0.3, -0.25) is 24.6 Å². The van der Waals surface area contributed by atoms with E-state index in [9.17, 15) is 19.6 Å². The van der Waals surface area contributed by atoms with Gasteiger partial charge in [0.25, 0.3) is 0 Å². The Morgan fingerprint density at radius 2 is 2.17 bits per heavy atom. The van der Waals surface area contributed by atoms with Gasteiger partial charge in [-0.2, -0.15) is 0 Å². The second-order valence-corrected chi connectivity index (χ2v) is 7.67. The van der Waals surface area contributed by atoms with Crippen molar-refractivity contribution in [3.05, 3.63) is 12.4 Å². The maximum Gasteiger partial charge on any atom is 0.250 e. The SMILES string of the molecule is COc1cc(NC(=O)[C@@H]2CCNN2C(=O)[C@H](CC2CCCC2)CN(O)C=O)ncn1. The third-order valence-electron chi connectivity index (χ3n) is 5.63. The van der Waals surface area contributed by atoms with Gasteiger partial charge in [-0.25, -0.2) is 20.5 Å². The van der Waals surface area contributed by atoms with Crippen LogP contribution in [-0.2, 0) is 14.4 Å². The van der Waals surface area contributed by atoms with Gasteiger partial charge in [0.2, 0.25) is 24.1 Å². The number of hydrogen-bond acceptors (Lipinski definition) is 8. The molecule has 3 N–H and O–H groups in total. The van der Waals surface area contributed by atoms with Crippen LogP contribution in [0.5, 0.6) is 5.88 Å². The second-order valence-electron chi connectivity index (χ2n) is 7.67. The molecule has 164 valence electrons. The van der Waals surface area contributed by atoms with E-state index in [0.29, 0.717) is 42.7 Å². The van der Waals surface area contributed by atoms with Gasteiger partial charge in [-0.1, -0.05) is 25.7 Å². The van der Waals surface area contributed by atoms with Crippen molar-refractivity contribution in [2.45, 2.75) is 44.6 Å². The number of carbonyl (C=O) groups is 3. The third kappa shape index (κ3) is 5.42. The molecule has 0 radical (unpaired) electrons. The van der Waals surface area contributed by atoms with Crippen LogP contribution in [0.15, 0.2) is 12.4 Å². The molecule has 0 unspecified atom stereocenters. The fourth-order valence-electron chi connectivity index (χ4n) is 4.14. The van der Waals surface area contributed by atoms with Gasteiger partial charge >= 0.3 is 0 Å². The fourth-order valence-corrected chi connectivity index (χ4v) is 4.14. The Morgan fingerprint density at radius 1 is 1.40 bits per heavy atom. The average molecular weight is 420 g/mol. The summed E-state index contributed by atoms with van der Waals surface area (Å²) in [6.45, 7) is 0.359. The number of amides is 3. The van der Waals surface area contributed by atoms with E-state index in [1.807, 2.05) is 0 Å². The standard InChI is InChI=1S/C19H28N6O5/c1-30-17-9-16(20-11-21-17)23-18(27)15-6-7-22-25(15)19(28)14(10-24(29)12-26)8-13-4-2-3-5-13/h9,11-15,22,29H,2-8,10H2,1H3,(H,20,21,23,27)/t14-,15+/m1/s1. The Hall–Kier alpha value is -2.79. The van der Waals surface area contributed by atoms with E-state index in [4.69, 9.17) is 4.74 Å². The highest BCUT2D eigenvalue weighted by molar-refractivity contribution is 5.97. The molecule has 11 nitrogen and oxygen atoms in total. The molecule has 11 heteroatoms. The molecule has 1 aromatic rings. The number of nitrogens with one attached hydrogen (secondary N) is 2. The Kier molecular flexibility index (Phi) is 7.52. The largest absolute Gasteiger partial charge is 0.481 e. The predicted octanol–water partition coefficient (Wildman–Crippen LogP) is 0.573. The van der Waals surface area contributed by atoms with Crippen LogP contribution in [0.1, 0.15) is 38.5 Å². The summed E-state index contributed by atoms with van der Waals surface area (Å²) in [4.78, 5) is 44.8. The maximum atomic E-state index is 13.2. The minimum Gasteiger partial charge on any atom is -0.481 e. The molecule has 2 fully saturated rings. The molecule has 1 aliphatic carbocycles. The lowest BCUT2D eigenvalue weighted by atomic mass is 9.92. The summed E-state index contributed by atoms with van der Waals surface area (Å²) >= 11 is 0. The van der Waals surface area contributed by atoms with Gasteiger partial charge in [0.1, 0.15) is 18.2 Å². The highest BCUT2D eigenvalue weighted by atomic mass is 16.5. The lowest BCUT2D eigenvalue weighted by molar-refractivity contribution is -0.159. The highest BCUT2D eigenvalue weighted by Crippen LogP contribution is 2.31. The zero-order valence-corrected chi connectivity index (χ0v) is 17.0. The van der Waals surface area contributed by atoms with Crippen LogP contribution in [0.3, 0.4) is 0 Å². The van der Waals surface area contributed by atoms with Gasteiger partial charge in [0, 0.05) is 12.6 Å². The Labute approximate surface area is 174 Å². The van der Waals surface area contributed by atoms with Crippen molar-refractivity contribution in [3.8, 4) is 5.88 Å². The van der Waals surface area contributed by atoms with Crippen molar-refractivity contribution in [1.82, 2.24) is 25.5 Å². The number of ether oxygens (including phenoxy) is 1. The number of aromatic nitrogens is 2. The molecule has 0 spiro atoms. The maximum absolute atomic E-state index is 13.2. The van der Waals surface area contributed by atoms with Crippen LogP contribution in [0.25, 0.3) is 0 Å². The summed E-state index contributed by atoms with van der Waals surface area (Å²) in [6, 6.07) is 0.760. The van der Waals surface area contributed by atoms with Gasteiger partial charge in [-0.05, 0) is 18.8 Å². The minimum absolute atomic E-state index is 0.103. The minimum atomic E-state index is -0.729. The summed E-state index contributed by atoms with van der Waals surface area (Å²) in [5.74, 6) is -0.321. The number of nitrogens with zero attached hydrogens (tertiary/aromatic N) is 4. The van der Waals surface area contributed by atoms with Crippen molar-refractivity contribution in [2.24, 2.45) is 11.8 Å². The van der Waals surface area contributed by atoms with Crippen molar-refractivity contribution < 1.29 is 24.3 Å². The van der Waals surface area contributed by atoms with E-state index in [0.717, 1.165) is 25.7 Å². The molecule has 1 aliphatic heterocycles. The van der Waals surface area contributed by atoms with E-state index in [2.05, 4.69) is 20.7 Å². The molecule has 1 saturated carbocycles. The van der Waals surface area contributed by atoms with Crippen LogP contribution in [-0.4, -0.2) is 69.7 Å². The molecular formula is C19H28N6O5. The summed E-state index contributed by atoms with van der Waals surface area (Å²) < 4.78 is 5.03. The smallest absolute Gasteiger partial charge is 0.250 e. The third-order valence-corrected chi connectivity index (χ3v) is 5.63. The Morgan fingerprint density at radius 3 is 2.87 bits per heavy atom. The van der Waals surface area contributed by atoms with Crippen molar-refractivity contribution in [3.63, 3.8) is 0 Å². The first-order valence-electron chi connectivity index (χ1n) is 10.2. The molecule has 2 atom stereocenters. The number of hydrogen-bond donors (Lipinski definition) is 3. The zero-order chi connectivity index (χ0) is 21.5. The second kappa shape index (κ2) is 10.3. The molecule has 0 aromatic carbocycles. The number of anilines is 1. The lowest BCUT2D eigenvalue weighted by Gasteiger charge is -2.29. The molecule has 3 amide bonds. The summed E-state index contributed by atoms with van der Waals surface area (Å²) in [5, 5.41) is 14.2. The molecule has 3 rings (SSSR count). The quantitative estimate of drug-likeness (QED) is 0.300. The van der Waals surface area contributed by atoms with Crippen LogP contribution in [0.4, 0.5) is 5.82 Å². The van der Waals surface area contributed by atoms with Crippen LogP contribution in [0.2, 0.25) is 0 Å². The van der Waals surface area contributed by atoms with Gasteiger partial charge in [0.05, 0.1) is 19.6 Å². The van der Waals surface area contributed by atoms with Crippen LogP contribution >= 0.6 is 0 Å². The van der Waals surface area contributed by atoms with Crippen molar-refractivity contribution >= 4 is 24.0 Å². The first kappa shape index (κ1) is 21.9. The molecule has 30 heavy (non-hydrogen) atoms. The van der Waals surface area contributed by atoms with E-state index < -0.39 is 12.0 Å². The predicted molar refractivity (Wildman–Crippen MR) is 105 cm³/mol. The molecule has 1 aromatic heterocycles. The van der Waals surface area contributed by atoms with Gasteiger partial charge < -0.3 is 10.1 Å². The normalized spacial score (nSPS) is 20.1. The van der Waals surface area contributed by atoms with Crippen molar-refractivity contribution in [2.75, 3.05) is 25.5 Å². The Bertz CT molecular complexity index is 757. The topological polar surface area (TPSA) is 137 Å². The first-order chi connectivity index (χ1) is 14.5. The molecule has 2 heterocycles. The highest BCUT2D eigenvalue weighted by Gasteiger charge is 2.39. The van der Waals surface area contributed by atoms with E-state index in [1.165, 1.54) is 24.5 Å². The summed E-state index contributed by atoms with van der Waals surface area (Å²) in [7, 11) is 1.46. The number of methoxy groups -OCH3 is 1. The van der Waals surface area contributed by atoms with Gasteiger partial charge in [-0.15, -0.1) is 0 Å². The van der Waals surface area contributed by atoms with Crippen molar-refractivity contribution in [1.29, 1.82) is 0 Å². The number of carbonyl (C=O) groups excluding carboxylic acids is 3. The number of hydroxylamine groups is 2. The first-order valence-corrected chi connectivity index (χ1v) is 10.2. The van der Waals surface area contributed by atoms with E-state index in [-0.39, 0.29) is 24.2 Å². The fraction of sp³-hybridized carbons (Fsp3) is 0.632. The number of rotatable bonds is 9. The monoisotopic (exact) mass is 420 g/mol. The molecule has 1 saturated heterocycles. The van der Waals surface area contributed by atoms with Gasteiger partial charge in [0.15, 0.2) is 0 Å². The zero-order valence-electron chi connectivity index (χ0n) is 17.0. The molecular weight excluding hydrogens is 392 g/mol. The summed E-state index contributed by atoms with van der Waals surface area (Å²) in [5.41, 5.74) is 2.97. The Balaban J connectivity index is 1.69. The number of hydrazine groups is 1. The van der Waals surface area contributed by atoms with Crippen LogP contribution < -0.4 is 15.5 Å². The van der Waals surface area contributed by atoms with E-state index in [1.54, 1.807) is 0 Å². The molecule has 0 bridgehead atoms. The lowest BCUT2D eigenvalue weighted by Crippen LogP contribution is -2.51. The molecule has 2 aliphatic rings. The summed E-state index contributed by atoms with van der Waals surface area (Å²) in [6.07, 6.45) is 6.88. The average Bonchev–Trinajstić information content (AvgIpc) is 3.44. The van der Waals surface area contributed by atoms with E-state index >= 15 is 0 Å².